The molecule has 0 aromatic heterocycles. The van der Waals surface area contributed by atoms with Gasteiger partial charge in [-0.25, -0.2) is 8.78 Å². The molecule has 1 spiro atoms. The first-order valence-corrected chi connectivity index (χ1v) is 11.1. The SMILES string of the molecule is O=C1COCC2(CCN3C(=O)CCOc4c(F)cc(F)cc4C4=CCC(CC4)OCC32)N1. The molecule has 6 rings (SSSR count). The second-order valence-electron chi connectivity index (χ2n) is 8.87. The van der Waals surface area contributed by atoms with Gasteiger partial charge in [0, 0.05) is 18.2 Å². The molecule has 2 saturated heterocycles. The Morgan fingerprint density at radius 1 is 1.19 bits per heavy atom. The average molecular weight is 448 g/mol. The van der Waals surface area contributed by atoms with Gasteiger partial charge in [0.15, 0.2) is 11.6 Å². The van der Waals surface area contributed by atoms with Crippen LogP contribution in [-0.2, 0) is 19.1 Å². The number of nitrogens with zero attached hydrogens (tertiary/aromatic N) is 1. The van der Waals surface area contributed by atoms with Crippen molar-refractivity contribution in [2.24, 2.45) is 0 Å². The van der Waals surface area contributed by atoms with Gasteiger partial charge in [0.25, 0.3) is 0 Å². The van der Waals surface area contributed by atoms with Crippen LogP contribution in [0.2, 0.25) is 0 Å². The molecule has 1 N–H and O–H groups in total. The summed E-state index contributed by atoms with van der Waals surface area (Å²) in [4.78, 5) is 26.8. The molecule has 0 saturated carbocycles. The molecule has 2 amide bonds. The molecular formula is C23H26F2N2O5. The van der Waals surface area contributed by atoms with Gasteiger partial charge >= 0.3 is 0 Å². The maximum atomic E-state index is 14.6. The summed E-state index contributed by atoms with van der Waals surface area (Å²) in [6.45, 7) is 1.04. The summed E-state index contributed by atoms with van der Waals surface area (Å²) in [6.07, 6.45) is 4.33. The predicted octanol–water partition coefficient (Wildman–Crippen LogP) is 2.19. The maximum absolute atomic E-state index is 14.6. The molecule has 1 aliphatic carbocycles. The average Bonchev–Trinajstić information content (AvgIpc) is 3.10. The van der Waals surface area contributed by atoms with Crippen LogP contribution < -0.4 is 10.1 Å². The lowest BCUT2D eigenvalue weighted by Gasteiger charge is -2.41. The molecule has 2 fully saturated rings. The van der Waals surface area contributed by atoms with Crippen LogP contribution in [0.4, 0.5) is 8.78 Å². The molecule has 3 unspecified atom stereocenters. The van der Waals surface area contributed by atoms with Crippen LogP contribution in [0.15, 0.2) is 18.2 Å². The number of nitrogens with one attached hydrogen (secondary N) is 1. The number of allylic oxidation sites excluding steroid dienone is 1. The van der Waals surface area contributed by atoms with Crippen molar-refractivity contribution in [2.45, 2.75) is 49.8 Å². The van der Waals surface area contributed by atoms with E-state index >= 15 is 0 Å². The van der Waals surface area contributed by atoms with E-state index in [0.717, 1.165) is 11.6 Å². The summed E-state index contributed by atoms with van der Waals surface area (Å²) < 4.78 is 45.9. The Morgan fingerprint density at radius 3 is 2.84 bits per heavy atom. The molecule has 7 nitrogen and oxygen atoms in total. The van der Waals surface area contributed by atoms with Crippen molar-refractivity contribution in [3.8, 4) is 5.75 Å². The molecule has 3 atom stereocenters. The number of ether oxygens (including phenoxy) is 3. The van der Waals surface area contributed by atoms with Crippen LogP contribution in [0, 0.1) is 11.6 Å². The van der Waals surface area contributed by atoms with Gasteiger partial charge < -0.3 is 24.4 Å². The van der Waals surface area contributed by atoms with E-state index in [0.29, 0.717) is 44.4 Å². The number of amides is 2. The zero-order valence-electron chi connectivity index (χ0n) is 17.7. The van der Waals surface area contributed by atoms with E-state index in [4.69, 9.17) is 14.2 Å². The van der Waals surface area contributed by atoms with E-state index in [-0.39, 0.29) is 56.0 Å². The molecule has 1 aromatic rings. The van der Waals surface area contributed by atoms with Gasteiger partial charge in [-0.1, -0.05) is 6.08 Å². The van der Waals surface area contributed by atoms with Crippen molar-refractivity contribution >= 4 is 17.4 Å². The quantitative estimate of drug-likeness (QED) is 0.659. The highest BCUT2D eigenvalue weighted by molar-refractivity contribution is 5.81. The molecule has 5 aliphatic rings. The van der Waals surface area contributed by atoms with Gasteiger partial charge in [-0.2, -0.15) is 0 Å². The highest BCUT2D eigenvalue weighted by Gasteiger charge is 2.52. The second kappa shape index (κ2) is 8.44. The Balaban J connectivity index is 1.45. The van der Waals surface area contributed by atoms with E-state index in [2.05, 4.69) is 5.32 Å². The highest BCUT2D eigenvalue weighted by atomic mass is 19.1. The number of hydrogen-bond donors (Lipinski definition) is 1. The number of morpholine rings is 1. The lowest BCUT2D eigenvalue weighted by atomic mass is 9.89. The fourth-order valence-corrected chi connectivity index (χ4v) is 5.24. The predicted molar refractivity (Wildman–Crippen MR) is 110 cm³/mol. The van der Waals surface area contributed by atoms with Crippen molar-refractivity contribution in [3.05, 3.63) is 35.4 Å². The van der Waals surface area contributed by atoms with E-state index in [1.54, 1.807) is 4.90 Å². The zero-order chi connectivity index (χ0) is 22.3. The fraction of sp³-hybridized carbons (Fsp3) is 0.565. The van der Waals surface area contributed by atoms with Crippen molar-refractivity contribution in [1.29, 1.82) is 0 Å². The third-order valence-corrected chi connectivity index (χ3v) is 6.88. The first kappa shape index (κ1) is 21.3. The minimum Gasteiger partial charge on any atom is -0.489 e. The summed E-state index contributed by atoms with van der Waals surface area (Å²) in [7, 11) is 0. The lowest BCUT2D eigenvalue weighted by Crippen LogP contribution is -2.65. The van der Waals surface area contributed by atoms with E-state index in [1.165, 1.54) is 6.07 Å². The summed E-state index contributed by atoms with van der Waals surface area (Å²) >= 11 is 0. The van der Waals surface area contributed by atoms with Crippen LogP contribution >= 0.6 is 0 Å². The van der Waals surface area contributed by atoms with Gasteiger partial charge in [-0.05, 0) is 37.3 Å². The third-order valence-electron chi connectivity index (χ3n) is 6.88. The Labute approximate surface area is 184 Å². The highest BCUT2D eigenvalue weighted by Crippen LogP contribution is 2.38. The topological polar surface area (TPSA) is 77.1 Å². The molecule has 0 radical (unpaired) electrons. The maximum Gasteiger partial charge on any atom is 0.246 e. The summed E-state index contributed by atoms with van der Waals surface area (Å²) in [6, 6.07) is 1.72. The minimum atomic E-state index is -0.779. The van der Waals surface area contributed by atoms with Crippen LogP contribution in [0.5, 0.6) is 5.75 Å². The van der Waals surface area contributed by atoms with Gasteiger partial charge in [-0.15, -0.1) is 0 Å². The lowest BCUT2D eigenvalue weighted by molar-refractivity contribution is -0.143. The van der Waals surface area contributed by atoms with Crippen LogP contribution in [0.25, 0.3) is 5.57 Å². The van der Waals surface area contributed by atoms with Crippen LogP contribution in [0.1, 0.15) is 37.7 Å². The van der Waals surface area contributed by atoms with E-state index in [9.17, 15) is 18.4 Å². The number of fused-ring (bicyclic) bond motifs is 6. The zero-order valence-corrected chi connectivity index (χ0v) is 17.7. The van der Waals surface area contributed by atoms with E-state index in [1.807, 2.05) is 6.08 Å². The molecule has 4 aliphatic heterocycles. The Morgan fingerprint density at radius 2 is 2.06 bits per heavy atom. The van der Waals surface area contributed by atoms with Gasteiger partial charge in [-0.3, -0.25) is 9.59 Å². The Bertz CT molecular complexity index is 968. The number of rotatable bonds is 0. The Hall–Kier alpha value is -2.52. The molecule has 4 heterocycles. The van der Waals surface area contributed by atoms with Crippen molar-refractivity contribution in [3.63, 3.8) is 0 Å². The largest absolute Gasteiger partial charge is 0.489 e. The van der Waals surface area contributed by atoms with Crippen LogP contribution in [-0.4, -0.2) is 67.4 Å². The number of halogens is 2. The molecular weight excluding hydrogens is 422 g/mol. The normalized spacial score (nSPS) is 30.8. The van der Waals surface area contributed by atoms with Crippen molar-refractivity contribution in [1.82, 2.24) is 10.2 Å². The summed E-state index contributed by atoms with van der Waals surface area (Å²) in [5.74, 6) is -1.83. The molecule has 1 aromatic carbocycles. The second-order valence-corrected chi connectivity index (χ2v) is 8.87. The summed E-state index contributed by atoms with van der Waals surface area (Å²) in [5, 5.41) is 3.05. The van der Waals surface area contributed by atoms with Crippen LogP contribution in [0.3, 0.4) is 0 Å². The third kappa shape index (κ3) is 3.88. The first-order chi connectivity index (χ1) is 15.4. The summed E-state index contributed by atoms with van der Waals surface area (Å²) in [5.41, 5.74) is 0.536. The first-order valence-electron chi connectivity index (χ1n) is 11.1. The minimum absolute atomic E-state index is 0.0128. The van der Waals surface area contributed by atoms with Crippen molar-refractivity contribution in [2.75, 3.05) is 33.0 Å². The monoisotopic (exact) mass is 448 g/mol. The smallest absolute Gasteiger partial charge is 0.246 e. The fourth-order valence-electron chi connectivity index (χ4n) is 5.24. The number of hydrogen-bond acceptors (Lipinski definition) is 5. The Kier molecular flexibility index (Phi) is 5.63. The molecule has 172 valence electrons. The molecule has 2 bridgehead atoms. The van der Waals surface area contributed by atoms with Gasteiger partial charge in [0.2, 0.25) is 11.8 Å². The van der Waals surface area contributed by atoms with Gasteiger partial charge in [0.1, 0.15) is 12.4 Å². The number of carbonyl (C=O) groups excluding carboxylic acids is 2. The number of carbonyl (C=O) groups is 2. The van der Waals surface area contributed by atoms with Crippen molar-refractivity contribution < 1.29 is 32.6 Å². The number of benzene rings is 1. The van der Waals surface area contributed by atoms with Gasteiger partial charge in [0.05, 0.1) is 43.9 Å². The standard InChI is InChI=1S/C23H26F2N2O5/c24-15-9-17-14-1-3-16(4-2-14)32-11-19-23(13-30-12-20(28)26-23)6-7-27(19)21(29)5-8-31-22(17)18(25)10-15/h1,9-10,16,19H,2-8,11-13H2,(H,26,28). The molecule has 32 heavy (non-hydrogen) atoms. The van der Waals surface area contributed by atoms with E-state index < -0.39 is 17.2 Å². The molecule has 9 heteroatoms.